The third-order valence-electron chi connectivity index (χ3n) is 2.69. The standard InChI is InChI=1S/C12H14FN3OS.C2H6/c1-3-7(13)10-9(4-2)18-12(15-10)16-11(17)8-5-6-14-8;1-2/h3-4,8,14H,2,5-6H2,1H3,(H,15,16,17);1-2H3/b7-3+;. The van der Waals surface area contributed by atoms with Crippen molar-refractivity contribution in [3.63, 3.8) is 0 Å². The first-order valence-corrected chi connectivity index (χ1v) is 7.47. The molecule has 0 radical (unpaired) electrons. The largest absolute Gasteiger partial charge is 0.306 e. The van der Waals surface area contributed by atoms with Crippen LogP contribution in [-0.4, -0.2) is 23.5 Å². The minimum Gasteiger partial charge on any atom is -0.306 e. The van der Waals surface area contributed by atoms with E-state index in [1.54, 1.807) is 6.92 Å². The normalized spacial score (nSPS) is 17.6. The molecule has 0 saturated carbocycles. The summed E-state index contributed by atoms with van der Waals surface area (Å²) in [6, 6.07) is -0.156. The maximum Gasteiger partial charge on any atom is 0.243 e. The Kier molecular flexibility index (Phi) is 6.54. The second kappa shape index (κ2) is 7.91. The third-order valence-corrected chi connectivity index (χ3v) is 3.66. The Bertz CT molecular complexity index is 507. The summed E-state index contributed by atoms with van der Waals surface area (Å²) >= 11 is 1.21. The first-order valence-electron chi connectivity index (χ1n) is 6.65. The summed E-state index contributed by atoms with van der Waals surface area (Å²) in [6.07, 6.45) is 3.69. The first-order chi connectivity index (χ1) is 9.65. The molecule has 4 nitrogen and oxygen atoms in total. The predicted octanol–water partition coefficient (Wildman–Crippen LogP) is 3.44. The minimum absolute atomic E-state index is 0.127. The Morgan fingerprint density at radius 2 is 2.25 bits per heavy atom. The lowest BCUT2D eigenvalue weighted by Gasteiger charge is -2.25. The number of halogens is 1. The third kappa shape index (κ3) is 3.74. The lowest BCUT2D eigenvalue weighted by atomic mass is 10.1. The van der Waals surface area contributed by atoms with Crippen LogP contribution in [0, 0.1) is 0 Å². The van der Waals surface area contributed by atoms with Crippen LogP contribution in [0.5, 0.6) is 0 Å². The lowest BCUT2D eigenvalue weighted by Crippen LogP contribution is -2.50. The molecule has 1 saturated heterocycles. The van der Waals surface area contributed by atoms with Gasteiger partial charge in [0, 0.05) is 0 Å². The highest BCUT2D eigenvalue weighted by Gasteiger charge is 2.25. The van der Waals surface area contributed by atoms with E-state index in [0.29, 0.717) is 10.0 Å². The van der Waals surface area contributed by atoms with E-state index >= 15 is 0 Å². The molecule has 0 bridgehead atoms. The van der Waals surface area contributed by atoms with Gasteiger partial charge in [0.15, 0.2) is 5.13 Å². The van der Waals surface area contributed by atoms with Crippen LogP contribution < -0.4 is 10.6 Å². The van der Waals surface area contributed by atoms with Crippen LogP contribution in [0.3, 0.4) is 0 Å². The fourth-order valence-corrected chi connectivity index (χ4v) is 2.36. The number of nitrogens with zero attached hydrogens (tertiary/aromatic N) is 1. The molecule has 2 rings (SSSR count). The van der Waals surface area contributed by atoms with Crippen LogP contribution >= 0.6 is 11.3 Å². The molecule has 110 valence electrons. The van der Waals surface area contributed by atoms with Crippen LogP contribution in [0.1, 0.15) is 37.8 Å². The summed E-state index contributed by atoms with van der Waals surface area (Å²) in [5, 5.41) is 6.07. The Hall–Kier alpha value is -1.53. The molecular formula is C14H20FN3OS. The average molecular weight is 297 g/mol. The fourth-order valence-electron chi connectivity index (χ4n) is 1.54. The molecule has 1 aliphatic heterocycles. The Morgan fingerprint density at radius 1 is 1.60 bits per heavy atom. The van der Waals surface area contributed by atoms with Gasteiger partial charge in [-0.15, -0.1) is 0 Å². The summed E-state index contributed by atoms with van der Waals surface area (Å²) in [5.41, 5.74) is 0.231. The number of allylic oxidation sites excluding steroid dienone is 1. The minimum atomic E-state index is -0.414. The number of aromatic nitrogens is 1. The van der Waals surface area contributed by atoms with Gasteiger partial charge in [0.05, 0.1) is 10.9 Å². The number of anilines is 1. The maximum absolute atomic E-state index is 13.5. The molecule has 1 atom stereocenters. The molecule has 1 amide bonds. The summed E-state index contributed by atoms with van der Waals surface area (Å²) in [7, 11) is 0. The van der Waals surface area contributed by atoms with Crippen LogP contribution in [0.25, 0.3) is 11.9 Å². The monoisotopic (exact) mass is 297 g/mol. The highest BCUT2D eigenvalue weighted by atomic mass is 32.1. The lowest BCUT2D eigenvalue weighted by molar-refractivity contribution is -0.119. The van der Waals surface area contributed by atoms with Crippen molar-refractivity contribution in [2.45, 2.75) is 33.2 Å². The highest BCUT2D eigenvalue weighted by Crippen LogP contribution is 2.29. The quantitative estimate of drug-likeness (QED) is 0.895. The van der Waals surface area contributed by atoms with Crippen molar-refractivity contribution in [2.75, 3.05) is 11.9 Å². The molecule has 2 heterocycles. The number of carbonyl (C=O) groups excluding carboxylic acids is 1. The van der Waals surface area contributed by atoms with Gasteiger partial charge < -0.3 is 10.6 Å². The zero-order valence-corrected chi connectivity index (χ0v) is 12.8. The molecule has 1 aromatic rings. The first kappa shape index (κ1) is 16.5. The zero-order chi connectivity index (χ0) is 15.1. The van der Waals surface area contributed by atoms with E-state index in [1.165, 1.54) is 23.5 Å². The van der Waals surface area contributed by atoms with Gasteiger partial charge in [-0.05, 0) is 32.0 Å². The average Bonchev–Trinajstić information content (AvgIpc) is 2.81. The predicted molar refractivity (Wildman–Crippen MR) is 83.3 cm³/mol. The van der Waals surface area contributed by atoms with Gasteiger partial charge in [-0.2, -0.15) is 0 Å². The van der Waals surface area contributed by atoms with E-state index in [-0.39, 0.29) is 17.6 Å². The van der Waals surface area contributed by atoms with E-state index in [1.807, 2.05) is 13.8 Å². The highest BCUT2D eigenvalue weighted by molar-refractivity contribution is 7.16. The Labute approximate surface area is 122 Å². The molecule has 0 spiro atoms. The summed E-state index contributed by atoms with van der Waals surface area (Å²) in [6.45, 7) is 10.1. The molecule has 1 aromatic heterocycles. The van der Waals surface area contributed by atoms with Crippen molar-refractivity contribution in [2.24, 2.45) is 0 Å². The van der Waals surface area contributed by atoms with Crippen molar-refractivity contribution in [3.05, 3.63) is 23.2 Å². The van der Waals surface area contributed by atoms with Crippen molar-refractivity contribution in [3.8, 4) is 0 Å². The van der Waals surface area contributed by atoms with Gasteiger partial charge in [-0.3, -0.25) is 4.79 Å². The van der Waals surface area contributed by atoms with E-state index in [4.69, 9.17) is 0 Å². The number of thiazole rings is 1. The molecule has 1 aliphatic rings. The second-order valence-corrected chi connectivity index (χ2v) is 4.89. The van der Waals surface area contributed by atoms with Crippen LogP contribution in [0.4, 0.5) is 9.52 Å². The van der Waals surface area contributed by atoms with Gasteiger partial charge in [0.2, 0.25) is 5.91 Å². The molecule has 20 heavy (non-hydrogen) atoms. The number of amides is 1. The SMILES string of the molecule is C=Cc1sc(NC(=O)C2CCN2)nc1/C(F)=C\C.CC. The molecule has 0 aliphatic carbocycles. The van der Waals surface area contributed by atoms with Crippen molar-refractivity contribution < 1.29 is 9.18 Å². The van der Waals surface area contributed by atoms with E-state index in [9.17, 15) is 9.18 Å². The number of nitrogens with one attached hydrogen (secondary N) is 2. The maximum atomic E-state index is 13.5. The summed E-state index contributed by atoms with van der Waals surface area (Å²) < 4.78 is 13.5. The van der Waals surface area contributed by atoms with E-state index < -0.39 is 5.83 Å². The fraction of sp³-hybridized carbons (Fsp3) is 0.429. The van der Waals surface area contributed by atoms with Crippen molar-refractivity contribution >= 4 is 34.3 Å². The van der Waals surface area contributed by atoms with E-state index in [2.05, 4.69) is 22.2 Å². The van der Waals surface area contributed by atoms with Gasteiger partial charge in [0.1, 0.15) is 11.5 Å². The molecular weight excluding hydrogens is 277 g/mol. The van der Waals surface area contributed by atoms with Crippen molar-refractivity contribution in [1.82, 2.24) is 10.3 Å². The van der Waals surface area contributed by atoms with Gasteiger partial charge in [-0.1, -0.05) is 31.8 Å². The molecule has 0 aromatic carbocycles. The summed E-state index contributed by atoms with van der Waals surface area (Å²) in [5.74, 6) is -0.540. The molecule has 1 unspecified atom stereocenters. The van der Waals surface area contributed by atoms with Crippen LogP contribution in [0.15, 0.2) is 12.7 Å². The van der Waals surface area contributed by atoms with E-state index in [0.717, 1.165) is 13.0 Å². The van der Waals surface area contributed by atoms with Gasteiger partial charge in [0.25, 0.3) is 0 Å². The van der Waals surface area contributed by atoms with Crippen molar-refractivity contribution in [1.29, 1.82) is 0 Å². The second-order valence-electron chi connectivity index (χ2n) is 3.86. The van der Waals surface area contributed by atoms with Gasteiger partial charge in [-0.25, -0.2) is 9.37 Å². The van der Waals surface area contributed by atoms with Gasteiger partial charge >= 0.3 is 0 Å². The zero-order valence-electron chi connectivity index (χ0n) is 12.0. The Balaban J connectivity index is 0.000000956. The number of hydrogen-bond acceptors (Lipinski definition) is 4. The smallest absolute Gasteiger partial charge is 0.243 e. The Morgan fingerprint density at radius 3 is 2.70 bits per heavy atom. The molecule has 1 fully saturated rings. The molecule has 6 heteroatoms. The molecule has 2 N–H and O–H groups in total. The summed E-state index contributed by atoms with van der Waals surface area (Å²) in [4.78, 5) is 16.4. The van der Waals surface area contributed by atoms with Crippen LogP contribution in [0.2, 0.25) is 0 Å². The number of hydrogen-bond donors (Lipinski definition) is 2. The number of carbonyl (C=O) groups is 1. The topological polar surface area (TPSA) is 54.0 Å². The number of rotatable bonds is 4. The van der Waals surface area contributed by atoms with Crippen LogP contribution in [-0.2, 0) is 4.79 Å².